The van der Waals surface area contributed by atoms with Crippen LogP contribution in [0.3, 0.4) is 0 Å². The van der Waals surface area contributed by atoms with Crippen molar-refractivity contribution >= 4 is 11.9 Å². The van der Waals surface area contributed by atoms with E-state index in [2.05, 4.69) is 13.2 Å². The maximum absolute atomic E-state index is 10.6. The Morgan fingerprint density at radius 3 is 2.27 bits per heavy atom. The van der Waals surface area contributed by atoms with Crippen LogP contribution in [0, 0.1) is 0 Å². The highest BCUT2D eigenvalue weighted by Gasteiger charge is 2.31. The topological polar surface area (TPSA) is 76.1 Å². The molecule has 84 valence electrons. The molecule has 0 amide bonds. The van der Waals surface area contributed by atoms with E-state index < -0.39 is 5.97 Å². The highest BCUT2D eigenvalue weighted by Crippen LogP contribution is 2.16. The summed E-state index contributed by atoms with van der Waals surface area (Å²) in [4.78, 5) is 19.8. The van der Waals surface area contributed by atoms with Crippen LogP contribution in [0.2, 0.25) is 0 Å². The molecular formula is C10H14O5. The average molecular weight is 214 g/mol. The number of ether oxygens (including phenoxy) is 2. The summed E-state index contributed by atoms with van der Waals surface area (Å²) in [6, 6.07) is 0. The first kappa shape index (κ1) is 13.4. The molecular weight excluding hydrogens is 200 g/mol. The molecule has 1 aliphatic rings. The summed E-state index contributed by atoms with van der Waals surface area (Å²) < 4.78 is 9.75. The molecule has 15 heavy (non-hydrogen) atoms. The molecule has 2 atom stereocenters. The van der Waals surface area contributed by atoms with Gasteiger partial charge in [-0.3, -0.25) is 0 Å². The number of epoxide rings is 1. The van der Waals surface area contributed by atoms with Gasteiger partial charge in [0.1, 0.15) is 12.2 Å². The molecule has 1 aliphatic heterocycles. The van der Waals surface area contributed by atoms with Gasteiger partial charge in [-0.05, 0) is 6.92 Å². The molecule has 0 aromatic carbocycles. The highest BCUT2D eigenvalue weighted by atomic mass is 16.6. The Hall–Kier alpha value is -1.62. The van der Waals surface area contributed by atoms with E-state index >= 15 is 0 Å². The average Bonchev–Trinajstić information content (AvgIpc) is 3.01. The molecule has 0 aromatic rings. The van der Waals surface area contributed by atoms with E-state index in [1.807, 2.05) is 0 Å². The van der Waals surface area contributed by atoms with Crippen LogP contribution in [0.5, 0.6) is 0 Å². The summed E-state index contributed by atoms with van der Waals surface area (Å²) in [6.07, 6.45) is 1.97. The molecule has 1 rings (SSSR count). The Bertz CT molecular complexity index is 255. The van der Waals surface area contributed by atoms with E-state index in [1.165, 1.54) is 0 Å². The van der Waals surface area contributed by atoms with Crippen molar-refractivity contribution in [1.82, 2.24) is 0 Å². The van der Waals surface area contributed by atoms with Gasteiger partial charge >= 0.3 is 11.9 Å². The fourth-order valence-electron chi connectivity index (χ4n) is 0.634. The molecule has 0 aliphatic carbocycles. The number of rotatable bonds is 4. The first-order chi connectivity index (χ1) is 7.01. The lowest BCUT2D eigenvalue weighted by molar-refractivity contribution is -0.143. The molecule has 5 nitrogen and oxygen atoms in total. The number of hydrogen-bond acceptors (Lipinski definition) is 4. The van der Waals surface area contributed by atoms with Crippen LogP contribution in [0.15, 0.2) is 25.3 Å². The van der Waals surface area contributed by atoms with Crippen LogP contribution < -0.4 is 0 Å². The van der Waals surface area contributed by atoms with E-state index in [-0.39, 0.29) is 18.2 Å². The Labute approximate surface area is 88.0 Å². The molecule has 2 unspecified atom stereocenters. The summed E-state index contributed by atoms with van der Waals surface area (Å²) in [5, 5.41) is 7.60. The summed E-state index contributed by atoms with van der Waals surface area (Å²) >= 11 is 0. The lowest BCUT2D eigenvalue weighted by Crippen LogP contribution is -2.18. The minimum Gasteiger partial charge on any atom is -0.478 e. The molecule has 1 N–H and O–H groups in total. The fraction of sp³-hybridized carbons (Fsp3) is 0.400. The Kier molecular flexibility index (Phi) is 6.05. The van der Waals surface area contributed by atoms with Crippen molar-refractivity contribution in [2.45, 2.75) is 19.1 Å². The van der Waals surface area contributed by atoms with Gasteiger partial charge in [-0.15, -0.1) is 0 Å². The number of carboxylic acid groups (broad SMARTS) is 1. The normalized spacial score (nSPS) is 18.9. The third-order valence-electron chi connectivity index (χ3n) is 1.53. The van der Waals surface area contributed by atoms with Gasteiger partial charge in [0.2, 0.25) is 0 Å². The maximum atomic E-state index is 10.6. The van der Waals surface area contributed by atoms with Crippen LogP contribution in [0.25, 0.3) is 0 Å². The van der Waals surface area contributed by atoms with Crippen molar-refractivity contribution in [3.05, 3.63) is 25.3 Å². The minimum atomic E-state index is -0.981. The zero-order chi connectivity index (χ0) is 11.8. The fourth-order valence-corrected chi connectivity index (χ4v) is 0.634. The molecule has 0 spiro atoms. The highest BCUT2D eigenvalue weighted by molar-refractivity contribution is 5.81. The van der Waals surface area contributed by atoms with Gasteiger partial charge in [0.25, 0.3) is 0 Å². The number of aliphatic carboxylic acids is 1. The zero-order valence-electron chi connectivity index (χ0n) is 8.51. The lowest BCUT2D eigenvalue weighted by Gasteiger charge is -2.06. The molecule has 0 aromatic heterocycles. The van der Waals surface area contributed by atoms with Crippen LogP contribution in [-0.4, -0.2) is 35.9 Å². The number of carbonyl (C=O) groups is 2. The predicted octanol–water partition coefficient (Wildman–Crippen LogP) is 0.760. The first-order valence-corrected chi connectivity index (χ1v) is 4.31. The van der Waals surface area contributed by atoms with Crippen LogP contribution in [-0.2, 0) is 19.1 Å². The number of hydrogen-bond donors (Lipinski definition) is 1. The maximum Gasteiger partial charge on any atom is 0.330 e. The SMILES string of the molecule is C=CC(=O)O.C=CC(=O)OC(C)C1CO1. The van der Waals surface area contributed by atoms with Gasteiger partial charge in [-0.25, -0.2) is 9.59 Å². The summed E-state index contributed by atoms with van der Waals surface area (Å²) in [7, 11) is 0. The Morgan fingerprint density at radius 1 is 1.53 bits per heavy atom. The van der Waals surface area contributed by atoms with Crippen LogP contribution in [0.1, 0.15) is 6.92 Å². The van der Waals surface area contributed by atoms with Crippen molar-refractivity contribution in [3.63, 3.8) is 0 Å². The predicted molar refractivity (Wildman–Crippen MR) is 53.3 cm³/mol. The van der Waals surface area contributed by atoms with Gasteiger partial charge in [0, 0.05) is 12.2 Å². The van der Waals surface area contributed by atoms with Gasteiger partial charge in [-0.1, -0.05) is 13.2 Å². The van der Waals surface area contributed by atoms with Crippen molar-refractivity contribution < 1.29 is 24.2 Å². The van der Waals surface area contributed by atoms with Gasteiger partial charge < -0.3 is 14.6 Å². The Morgan fingerprint density at radius 2 is 2.00 bits per heavy atom. The third-order valence-corrected chi connectivity index (χ3v) is 1.53. The number of esters is 1. The smallest absolute Gasteiger partial charge is 0.330 e. The van der Waals surface area contributed by atoms with E-state index in [1.54, 1.807) is 6.92 Å². The Balaban J connectivity index is 0.000000336. The van der Waals surface area contributed by atoms with E-state index in [0.717, 1.165) is 12.2 Å². The number of carboxylic acids is 1. The van der Waals surface area contributed by atoms with Gasteiger partial charge in [-0.2, -0.15) is 0 Å². The van der Waals surface area contributed by atoms with Crippen molar-refractivity contribution in [3.8, 4) is 0 Å². The second-order valence-electron chi connectivity index (χ2n) is 2.76. The third kappa shape index (κ3) is 7.45. The van der Waals surface area contributed by atoms with Crippen molar-refractivity contribution in [2.75, 3.05) is 6.61 Å². The quantitative estimate of drug-likeness (QED) is 0.424. The molecule has 0 radical (unpaired) electrons. The summed E-state index contributed by atoms with van der Waals surface area (Å²) in [6.45, 7) is 8.74. The second kappa shape index (κ2) is 6.78. The van der Waals surface area contributed by atoms with E-state index in [4.69, 9.17) is 14.6 Å². The summed E-state index contributed by atoms with van der Waals surface area (Å²) in [5.41, 5.74) is 0. The molecule has 1 heterocycles. The number of carbonyl (C=O) groups excluding carboxylic acids is 1. The second-order valence-corrected chi connectivity index (χ2v) is 2.76. The standard InChI is InChI=1S/C7H10O3.C3H4O2/c1-3-7(8)10-5(2)6-4-9-6;1-2-3(4)5/h3,5-6H,1,4H2,2H3;2H,1H2,(H,4,5). The lowest BCUT2D eigenvalue weighted by atomic mass is 10.3. The molecule has 0 bridgehead atoms. The van der Waals surface area contributed by atoms with Gasteiger partial charge in [0.15, 0.2) is 0 Å². The molecule has 1 fully saturated rings. The minimum absolute atomic E-state index is 0.115. The van der Waals surface area contributed by atoms with E-state index in [0.29, 0.717) is 6.61 Å². The molecule has 1 saturated heterocycles. The summed E-state index contributed by atoms with van der Waals surface area (Å²) in [5.74, 6) is -1.37. The van der Waals surface area contributed by atoms with Crippen LogP contribution in [0.4, 0.5) is 0 Å². The van der Waals surface area contributed by atoms with Crippen molar-refractivity contribution in [1.29, 1.82) is 0 Å². The largest absolute Gasteiger partial charge is 0.478 e. The first-order valence-electron chi connectivity index (χ1n) is 4.31. The van der Waals surface area contributed by atoms with Crippen LogP contribution >= 0.6 is 0 Å². The molecule has 5 heteroatoms. The monoisotopic (exact) mass is 214 g/mol. The van der Waals surface area contributed by atoms with Gasteiger partial charge in [0.05, 0.1) is 6.61 Å². The van der Waals surface area contributed by atoms with E-state index in [9.17, 15) is 9.59 Å². The zero-order valence-corrected chi connectivity index (χ0v) is 8.51. The molecule has 0 saturated carbocycles. The van der Waals surface area contributed by atoms with Crippen molar-refractivity contribution in [2.24, 2.45) is 0 Å².